The maximum atomic E-state index is 13.4. The highest BCUT2D eigenvalue weighted by molar-refractivity contribution is 5.99. The Labute approximate surface area is 134 Å². The van der Waals surface area contributed by atoms with Crippen LogP contribution in [0.4, 0.5) is 0 Å². The van der Waals surface area contributed by atoms with Crippen molar-refractivity contribution < 1.29 is 29.4 Å². The summed E-state index contributed by atoms with van der Waals surface area (Å²) < 4.78 is 66.4. The second kappa shape index (κ2) is 5.24. The van der Waals surface area contributed by atoms with Crippen molar-refractivity contribution in [2.75, 3.05) is 7.00 Å². The summed E-state index contributed by atoms with van der Waals surface area (Å²) in [6, 6.07) is 1.61. The third kappa shape index (κ3) is 2.17. The molecule has 5 atom stereocenters. The van der Waals surface area contributed by atoms with Gasteiger partial charge in [-0.3, -0.25) is 14.5 Å². The largest absolute Gasteiger partial charge is 0.481 e. The average Bonchev–Trinajstić information content (AvgIpc) is 2.96. The van der Waals surface area contributed by atoms with Crippen molar-refractivity contribution in [2.24, 2.45) is 11.8 Å². The normalized spacial score (nSPS) is 58.7. The minimum atomic E-state index is -3.51. The number of carbonyl (C=O) groups excluding carboxylic acids is 1. The smallest absolute Gasteiger partial charge is 0.310 e. The number of carboxylic acids is 1. The van der Waals surface area contributed by atoms with Crippen LogP contribution in [-0.4, -0.2) is 53.4 Å². The number of aliphatic carboxylic acids is 1. The highest BCUT2D eigenvalue weighted by atomic mass is 16.4. The van der Waals surface area contributed by atoms with Crippen molar-refractivity contribution in [1.29, 1.82) is 1.43 Å². The van der Waals surface area contributed by atoms with E-state index >= 15 is 0 Å². The van der Waals surface area contributed by atoms with Gasteiger partial charge in [0.25, 0.3) is 0 Å². The van der Waals surface area contributed by atoms with Crippen LogP contribution in [0.1, 0.15) is 32.8 Å². The molecule has 2 N–H and O–H groups in total. The van der Waals surface area contributed by atoms with Crippen molar-refractivity contribution in [3.8, 4) is 0 Å². The second-order valence-corrected chi connectivity index (χ2v) is 4.84. The quantitative estimate of drug-likeness (QED) is 0.812. The van der Waals surface area contributed by atoms with Crippen molar-refractivity contribution in [1.82, 2.24) is 4.90 Å². The molecule has 2 saturated heterocycles. The van der Waals surface area contributed by atoms with Crippen LogP contribution in [0, 0.1) is 11.8 Å². The summed E-state index contributed by atoms with van der Waals surface area (Å²) in [5.74, 6) is -10.1. The van der Waals surface area contributed by atoms with Gasteiger partial charge in [0.05, 0.1) is 19.2 Å². The fourth-order valence-corrected chi connectivity index (χ4v) is 2.71. The molecule has 0 amide bonds. The topological polar surface area (TPSA) is 77.8 Å². The molecule has 3 rings (SSSR count). The lowest BCUT2D eigenvalue weighted by Crippen LogP contribution is -2.59. The lowest BCUT2D eigenvalue weighted by molar-refractivity contribution is -0.154. The zero-order chi connectivity index (χ0) is 22.0. The van der Waals surface area contributed by atoms with Gasteiger partial charge in [0.1, 0.15) is 0 Å². The van der Waals surface area contributed by atoms with Crippen LogP contribution in [0.25, 0.3) is 0 Å². The first-order valence-electron chi connectivity index (χ1n) is 10.5. The molecule has 2 aliphatic heterocycles. The fraction of sp³-hybridized carbons (Fsp3) is 0.500. The van der Waals surface area contributed by atoms with E-state index in [0.29, 0.717) is 4.90 Å². The molecule has 0 aromatic heterocycles. The molecule has 2 bridgehead atoms. The van der Waals surface area contributed by atoms with Gasteiger partial charge >= 0.3 is 5.97 Å². The molecular weight excluding hydrogens is 270 g/mol. The van der Waals surface area contributed by atoms with E-state index in [1.165, 1.54) is 24.3 Å². The van der Waals surface area contributed by atoms with E-state index in [1.54, 1.807) is 6.07 Å². The molecule has 0 radical (unpaired) electrons. The number of carbonyl (C=O) groups is 2. The molecule has 21 heavy (non-hydrogen) atoms. The van der Waals surface area contributed by atoms with Crippen molar-refractivity contribution in [3.63, 3.8) is 0 Å². The number of ketones is 1. The highest BCUT2D eigenvalue weighted by Crippen LogP contribution is 2.43. The molecule has 2 aliphatic rings. The number of hydrogen-bond acceptors (Lipinski definition) is 4. The van der Waals surface area contributed by atoms with Gasteiger partial charge in [-0.2, -0.15) is 0 Å². The minimum Gasteiger partial charge on any atom is -0.481 e. The first-order chi connectivity index (χ1) is 13.3. The van der Waals surface area contributed by atoms with Crippen LogP contribution in [0.3, 0.4) is 0 Å². The molecule has 1 aromatic rings. The van der Waals surface area contributed by atoms with E-state index in [0.717, 1.165) is 0 Å². The van der Waals surface area contributed by atoms with E-state index in [4.69, 9.17) is 11.0 Å². The monoisotopic (exact) mass is 297 g/mol. The van der Waals surface area contributed by atoms with Crippen LogP contribution in [0.5, 0.6) is 0 Å². The molecule has 1 unspecified atom stereocenters. The van der Waals surface area contributed by atoms with Crippen LogP contribution >= 0.6 is 0 Å². The molecule has 0 saturated carbocycles. The third-order valence-electron chi connectivity index (χ3n) is 3.69. The fourth-order valence-electron chi connectivity index (χ4n) is 2.71. The van der Waals surface area contributed by atoms with Crippen molar-refractivity contribution in [3.05, 3.63) is 35.9 Å². The Kier molecular flexibility index (Phi) is 1.87. The van der Waals surface area contributed by atoms with Gasteiger partial charge in [-0.05, 0) is 19.8 Å². The number of fused-ring (bicyclic) bond motifs is 2. The number of aliphatic hydroxyl groups is 1. The summed E-state index contributed by atoms with van der Waals surface area (Å²) in [5, 5.41) is 14.1. The van der Waals surface area contributed by atoms with E-state index in [9.17, 15) is 14.7 Å². The summed E-state index contributed by atoms with van der Waals surface area (Å²) in [6.07, 6.45) is -4.62. The van der Waals surface area contributed by atoms with Gasteiger partial charge in [-0.1, -0.05) is 30.3 Å². The summed E-state index contributed by atoms with van der Waals surface area (Å²) in [5.41, 5.74) is -0.189. The second-order valence-electron chi connectivity index (χ2n) is 4.84. The van der Waals surface area contributed by atoms with Crippen LogP contribution < -0.4 is 0 Å². The van der Waals surface area contributed by atoms with E-state index in [2.05, 4.69) is 5.11 Å². The maximum Gasteiger partial charge on any atom is 0.310 e. The van der Waals surface area contributed by atoms with E-state index < -0.39 is 61.5 Å². The van der Waals surface area contributed by atoms with Gasteiger partial charge in [0, 0.05) is 25.8 Å². The summed E-state index contributed by atoms with van der Waals surface area (Å²) in [6.45, 7) is -2.18. The predicted molar refractivity (Wildman–Crippen MR) is 76.0 cm³/mol. The van der Waals surface area contributed by atoms with Crippen LogP contribution in [0.15, 0.2) is 30.3 Å². The van der Waals surface area contributed by atoms with Gasteiger partial charge in [0.2, 0.25) is 1.43 Å². The zero-order valence-electron chi connectivity index (χ0n) is 19.0. The molecule has 0 spiro atoms. The number of Topliss-reactive ketones (excluding diaryl/α,β-unsaturated/α-hetero) is 1. The molecule has 2 fully saturated rings. The molecule has 1 aromatic carbocycles. The number of nitrogens with zero attached hydrogens (tertiary/aromatic N) is 1. The van der Waals surface area contributed by atoms with E-state index in [1.807, 2.05) is 0 Å². The number of piperidine rings is 1. The number of carboxylic acid groups (broad SMARTS) is 1. The molecule has 5 heteroatoms. The lowest BCUT2D eigenvalue weighted by atomic mass is 9.76. The first-order valence-corrected chi connectivity index (χ1v) is 6.41. The van der Waals surface area contributed by atoms with Crippen LogP contribution in [0.2, 0.25) is 0 Å². The Balaban J connectivity index is 2.43. The summed E-state index contributed by atoms with van der Waals surface area (Å²) in [7, 11) is 0. The first kappa shape index (κ1) is 7.51. The third-order valence-corrected chi connectivity index (χ3v) is 3.69. The zero-order valence-corrected chi connectivity index (χ0v) is 11.0. The molecule has 2 heterocycles. The van der Waals surface area contributed by atoms with Crippen LogP contribution in [-0.2, 0) is 4.79 Å². The Hall–Kier alpha value is -1.72. The standard InChI is InChI=1S/C16H19NO4/c1-17-10-7-8-11(17)13(16(20)21)15(19)12(10)14(18)9-5-3-2-4-6-9/h2-6,10-13,15,19H,7-8H2,1H3,(H,20,21)/t10-,11-,12?,13-,15+/m1/s1/i1D2,10D,11D,12D,13D,15D,19D. The lowest BCUT2D eigenvalue weighted by Gasteiger charge is -2.43. The number of rotatable bonds is 4. The highest BCUT2D eigenvalue weighted by Gasteiger charge is 2.55. The van der Waals surface area contributed by atoms with E-state index in [-0.39, 0.29) is 5.56 Å². The average molecular weight is 297 g/mol. The molecule has 0 aliphatic carbocycles. The van der Waals surface area contributed by atoms with Crippen molar-refractivity contribution in [2.45, 2.75) is 31.0 Å². The Morgan fingerprint density at radius 2 is 1.95 bits per heavy atom. The Morgan fingerprint density at radius 1 is 1.29 bits per heavy atom. The van der Waals surface area contributed by atoms with Gasteiger partial charge in [-0.25, -0.2) is 0 Å². The number of hydrogen-bond donors (Lipinski definition) is 2. The van der Waals surface area contributed by atoms with Gasteiger partial charge in [-0.15, -0.1) is 0 Å². The molecule has 112 valence electrons. The Morgan fingerprint density at radius 3 is 2.52 bits per heavy atom. The summed E-state index contributed by atoms with van der Waals surface area (Å²) >= 11 is 0. The SMILES string of the molecule is [2H]O[C@@]1([2H])C([2H])(C(=O)c2ccccc2)[C@@]2([2H])CC[C@@]([2H])(N2C([2H])[2H])[C@@]1([2H])C(=O)O. The predicted octanol–water partition coefficient (Wildman–Crippen LogP) is 1.02. The van der Waals surface area contributed by atoms with Crippen molar-refractivity contribution >= 4 is 11.8 Å². The van der Waals surface area contributed by atoms with Gasteiger partial charge in [0.15, 0.2) is 5.78 Å². The Bertz CT molecular complexity index is 861. The number of benzene rings is 1. The minimum absolute atomic E-state index is 0.189. The maximum absolute atomic E-state index is 13.4. The molecular formula is C16H19NO4. The van der Waals surface area contributed by atoms with Gasteiger partial charge < -0.3 is 10.2 Å². The molecule has 5 nitrogen and oxygen atoms in total. The summed E-state index contributed by atoms with van der Waals surface area (Å²) in [4.78, 5) is 26.0.